The fraction of sp³-hybridized carbons (Fsp3) is 0.286. The molecule has 0 unspecified atom stereocenters. The largest absolute Gasteiger partial charge is 0.491 e. The molecular weight excluding hydrogens is 444 g/mol. The van der Waals surface area contributed by atoms with Gasteiger partial charge in [0, 0.05) is 24.4 Å². The minimum absolute atomic E-state index is 0.0766. The highest BCUT2D eigenvalue weighted by molar-refractivity contribution is 8.00. The van der Waals surface area contributed by atoms with Gasteiger partial charge in [-0.2, -0.15) is 0 Å². The molecule has 3 aromatic rings. The van der Waals surface area contributed by atoms with E-state index < -0.39 is 0 Å². The summed E-state index contributed by atoms with van der Waals surface area (Å²) in [5, 5.41) is 2.94. The molecule has 0 aliphatic heterocycles. The predicted molar refractivity (Wildman–Crippen MR) is 139 cm³/mol. The molecule has 3 rings (SSSR count). The van der Waals surface area contributed by atoms with Crippen molar-refractivity contribution in [3.8, 4) is 5.75 Å². The Labute approximate surface area is 206 Å². The van der Waals surface area contributed by atoms with Gasteiger partial charge in [-0.3, -0.25) is 9.59 Å². The van der Waals surface area contributed by atoms with Crippen LogP contribution in [0.4, 0.5) is 0 Å². The lowest BCUT2D eigenvalue weighted by Gasteiger charge is -2.18. The predicted octanol–water partition coefficient (Wildman–Crippen LogP) is 5.05. The van der Waals surface area contributed by atoms with Gasteiger partial charge in [-0.15, -0.1) is 11.8 Å². The molecule has 0 aliphatic carbocycles. The number of nitrogens with zero attached hydrogens (tertiary/aromatic N) is 1. The summed E-state index contributed by atoms with van der Waals surface area (Å²) in [6.45, 7) is 6.06. The first-order valence-corrected chi connectivity index (χ1v) is 12.6. The highest BCUT2D eigenvalue weighted by Crippen LogP contribution is 2.23. The van der Waals surface area contributed by atoms with Crippen LogP contribution in [-0.2, 0) is 11.2 Å². The first-order valence-electron chi connectivity index (χ1n) is 11.6. The number of para-hydroxylation sites is 1. The van der Waals surface area contributed by atoms with Crippen LogP contribution in [0.2, 0.25) is 0 Å². The Morgan fingerprint density at radius 1 is 0.882 bits per heavy atom. The SMILES string of the molecule is CCN(CC)C(=O)CSc1ccccc1C(=O)NCCOc1ccccc1Cc1ccccc1. The lowest BCUT2D eigenvalue weighted by Crippen LogP contribution is -2.32. The van der Waals surface area contributed by atoms with E-state index in [2.05, 4.69) is 23.5 Å². The van der Waals surface area contributed by atoms with E-state index in [-0.39, 0.29) is 11.8 Å². The monoisotopic (exact) mass is 476 g/mol. The van der Waals surface area contributed by atoms with Crippen molar-refractivity contribution in [3.63, 3.8) is 0 Å². The molecule has 0 aliphatic rings. The van der Waals surface area contributed by atoms with Gasteiger partial charge in [0.2, 0.25) is 5.91 Å². The van der Waals surface area contributed by atoms with Crippen LogP contribution in [0.15, 0.2) is 83.8 Å². The lowest BCUT2D eigenvalue weighted by atomic mass is 10.0. The van der Waals surface area contributed by atoms with Crippen molar-refractivity contribution in [3.05, 3.63) is 95.6 Å². The first-order chi connectivity index (χ1) is 16.6. The molecule has 3 aromatic carbocycles. The van der Waals surface area contributed by atoms with E-state index in [4.69, 9.17) is 4.74 Å². The molecule has 0 bridgehead atoms. The second-order valence-electron chi connectivity index (χ2n) is 7.73. The summed E-state index contributed by atoms with van der Waals surface area (Å²) in [5.74, 6) is 1.05. The van der Waals surface area contributed by atoms with Crippen molar-refractivity contribution in [1.82, 2.24) is 10.2 Å². The standard InChI is InChI=1S/C28H32N2O3S/c1-3-30(4-2)27(31)21-34-26-17-11-9-15-24(26)28(32)29-18-19-33-25-16-10-8-14-23(25)20-22-12-6-5-7-13-22/h5-17H,3-4,18-21H2,1-2H3,(H,29,32). The zero-order valence-electron chi connectivity index (χ0n) is 19.8. The van der Waals surface area contributed by atoms with E-state index in [0.717, 1.165) is 22.6 Å². The van der Waals surface area contributed by atoms with E-state index in [1.165, 1.54) is 17.3 Å². The Hall–Kier alpha value is -3.25. The van der Waals surface area contributed by atoms with Gasteiger partial charge in [0.15, 0.2) is 0 Å². The van der Waals surface area contributed by atoms with Gasteiger partial charge in [0.1, 0.15) is 12.4 Å². The molecule has 0 spiro atoms. The Kier molecular flexibility index (Phi) is 10.0. The van der Waals surface area contributed by atoms with Gasteiger partial charge < -0.3 is 15.0 Å². The van der Waals surface area contributed by atoms with E-state index in [0.29, 0.717) is 37.6 Å². The highest BCUT2D eigenvalue weighted by Gasteiger charge is 2.15. The number of carbonyl (C=O) groups is 2. The van der Waals surface area contributed by atoms with E-state index in [1.807, 2.05) is 68.4 Å². The molecule has 5 nitrogen and oxygen atoms in total. The second kappa shape index (κ2) is 13.5. The molecule has 0 fully saturated rings. The summed E-state index contributed by atoms with van der Waals surface area (Å²) < 4.78 is 5.99. The molecule has 0 saturated carbocycles. The number of thioether (sulfide) groups is 1. The molecule has 6 heteroatoms. The molecule has 0 saturated heterocycles. The lowest BCUT2D eigenvalue weighted by molar-refractivity contribution is -0.127. The minimum atomic E-state index is -0.167. The van der Waals surface area contributed by atoms with Crippen LogP contribution in [0.25, 0.3) is 0 Å². The normalized spacial score (nSPS) is 10.5. The maximum Gasteiger partial charge on any atom is 0.252 e. The van der Waals surface area contributed by atoms with Crippen molar-refractivity contribution in [1.29, 1.82) is 0 Å². The van der Waals surface area contributed by atoms with Gasteiger partial charge in [-0.25, -0.2) is 0 Å². The number of benzene rings is 3. The zero-order valence-corrected chi connectivity index (χ0v) is 20.6. The number of hydrogen-bond donors (Lipinski definition) is 1. The Balaban J connectivity index is 1.52. The van der Waals surface area contributed by atoms with E-state index >= 15 is 0 Å². The summed E-state index contributed by atoms with van der Waals surface area (Å²) in [5.41, 5.74) is 2.91. The Morgan fingerprint density at radius 2 is 1.56 bits per heavy atom. The molecule has 2 amide bonds. The molecule has 0 atom stereocenters. The number of ether oxygens (including phenoxy) is 1. The summed E-state index contributed by atoms with van der Waals surface area (Å²) in [4.78, 5) is 27.7. The maximum absolute atomic E-state index is 12.8. The molecule has 1 N–H and O–H groups in total. The average molecular weight is 477 g/mol. The number of rotatable bonds is 12. The van der Waals surface area contributed by atoms with Crippen molar-refractivity contribution >= 4 is 23.6 Å². The fourth-order valence-electron chi connectivity index (χ4n) is 3.61. The van der Waals surface area contributed by atoms with Crippen LogP contribution in [0.1, 0.15) is 35.3 Å². The summed E-state index contributed by atoms with van der Waals surface area (Å²) in [6.07, 6.45) is 0.792. The molecule has 0 aromatic heterocycles. The molecular formula is C28H32N2O3S. The second-order valence-corrected chi connectivity index (χ2v) is 8.74. The number of carbonyl (C=O) groups excluding carboxylic acids is 2. The third-order valence-corrected chi connectivity index (χ3v) is 6.51. The summed E-state index contributed by atoms with van der Waals surface area (Å²) in [7, 11) is 0. The molecule has 0 heterocycles. The molecule has 34 heavy (non-hydrogen) atoms. The third-order valence-electron chi connectivity index (χ3n) is 5.45. The van der Waals surface area contributed by atoms with Crippen LogP contribution < -0.4 is 10.1 Å². The fourth-order valence-corrected chi connectivity index (χ4v) is 4.57. The summed E-state index contributed by atoms with van der Waals surface area (Å²) in [6, 6.07) is 25.6. The van der Waals surface area contributed by atoms with Crippen molar-refractivity contribution < 1.29 is 14.3 Å². The Bertz CT molecular complexity index is 1070. The summed E-state index contributed by atoms with van der Waals surface area (Å²) >= 11 is 1.40. The average Bonchev–Trinajstić information content (AvgIpc) is 2.87. The number of nitrogens with one attached hydrogen (secondary N) is 1. The van der Waals surface area contributed by atoms with Gasteiger partial charge >= 0.3 is 0 Å². The Morgan fingerprint density at radius 3 is 2.32 bits per heavy atom. The van der Waals surface area contributed by atoms with Crippen LogP contribution >= 0.6 is 11.8 Å². The van der Waals surface area contributed by atoms with Crippen molar-refractivity contribution in [2.45, 2.75) is 25.2 Å². The van der Waals surface area contributed by atoms with Crippen LogP contribution in [0, 0.1) is 0 Å². The van der Waals surface area contributed by atoms with E-state index in [1.54, 1.807) is 11.0 Å². The van der Waals surface area contributed by atoms with Gasteiger partial charge in [-0.05, 0) is 43.2 Å². The van der Waals surface area contributed by atoms with Gasteiger partial charge in [-0.1, -0.05) is 60.7 Å². The number of hydrogen-bond acceptors (Lipinski definition) is 4. The van der Waals surface area contributed by atoms with Gasteiger partial charge in [0.05, 0.1) is 17.9 Å². The van der Waals surface area contributed by atoms with Crippen LogP contribution in [0.3, 0.4) is 0 Å². The molecule has 178 valence electrons. The highest BCUT2D eigenvalue weighted by atomic mass is 32.2. The van der Waals surface area contributed by atoms with Crippen molar-refractivity contribution in [2.75, 3.05) is 32.0 Å². The first kappa shape index (κ1) is 25.4. The minimum Gasteiger partial charge on any atom is -0.491 e. The topological polar surface area (TPSA) is 58.6 Å². The zero-order chi connectivity index (χ0) is 24.2. The maximum atomic E-state index is 12.8. The third kappa shape index (κ3) is 7.39. The molecule has 0 radical (unpaired) electrons. The van der Waals surface area contributed by atoms with E-state index in [9.17, 15) is 9.59 Å². The smallest absolute Gasteiger partial charge is 0.252 e. The van der Waals surface area contributed by atoms with Crippen molar-refractivity contribution in [2.24, 2.45) is 0 Å². The van der Waals surface area contributed by atoms with Crippen LogP contribution in [0.5, 0.6) is 5.75 Å². The quantitative estimate of drug-likeness (QED) is 0.294. The van der Waals surface area contributed by atoms with Gasteiger partial charge in [0.25, 0.3) is 5.91 Å². The number of amides is 2. The van der Waals surface area contributed by atoms with Crippen LogP contribution in [-0.4, -0.2) is 48.7 Å².